The minimum absolute atomic E-state index is 0.674. The lowest BCUT2D eigenvalue weighted by molar-refractivity contribution is 1.17. The topological polar surface area (TPSA) is 51.4 Å². The molecule has 6 heteroatoms. The van der Waals surface area contributed by atoms with Gasteiger partial charge in [0.2, 0.25) is 0 Å². The number of hydrogen-bond donors (Lipinski definition) is 1. The van der Waals surface area contributed by atoms with Crippen LogP contribution in [0.4, 0.5) is 0 Å². The average molecular weight is 731 g/mol. The summed E-state index contributed by atoms with van der Waals surface area (Å²) in [5, 5.41) is 7.08. The number of hydrogen-bond acceptors (Lipinski definition) is 2. The van der Waals surface area contributed by atoms with Crippen LogP contribution in [0.5, 0.6) is 0 Å². The first-order valence-corrected chi connectivity index (χ1v) is 18.2. The molecule has 0 aliphatic heterocycles. The van der Waals surface area contributed by atoms with E-state index in [9.17, 15) is 0 Å². The minimum atomic E-state index is 0.674. The maximum absolute atomic E-state index is 5.32. The Kier molecular flexibility index (Phi) is 6.33. The number of nitrogens with zero attached hydrogens (tertiary/aromatic N) is 4. The lowest BCUT2D eigenvalue weighted by Gasteiger charge is -2.12. The fourth-order valence-electron chi connectivity index (χ4n) is 8.03. The lowest BCUT2D eigenvalue weighted by atomic mass is 10.0. The summed E-state index contributed by atoms with van der Waals surface area (Å²) >= 11 is 3.70. The predicted molar refractivity (Wildman–Crippen MR) is 219 cm³/mol. The molecule has 0 saturated carbocycles. The summed E-state index contributed by atoms with van der Waals surface area (Å²) in [5.41, 5.74) is 11.7. The molecular weight excluding hydrogens is 702 g/mol. The van der Waals surface area contributed by atoms with Gasteiger partial charge in [-0.25, -0.2) is 9.97 Å². The number of aromatic amines is 1. The van der Waals surface area contributed by atoms with Gasteiger partial charge in [0, 0.05) is 59.4 Å². The monoisotopic (exact) mass is 729 g/mol. The number of rotatable bonds is 4. The van der Waals surface area contributed by atoms with Crippen molar-refractivity contribution in [3.63, 3.8) is 0 Å². The van der Waals surface area contributed by atoms with Crippen molar-refractivity contribution in [1.82, 2.24) is 24.1 Å². The van der Waals surface area contributed by atoms with Crippen LogP contribution in [0.1, 0.15) is 0 Å². The Morgan fingerprint density at radius 3 is 1.40 bits per heavy atom. The molecule has 52 heavy (non-hydrogen) atoms. The molecule has 0 spiro atoms. The van der Waals surface area contributed by atoms with E-state index < -0.39 is 0 Å². The van der Waals surface area contributed by atoms with E-state index in [2.05, 4.69) is 194 Å². The summed E-state index contributed by atoms with van der Waals surface area (Å²) in [6.07, 6.45) is 0. The van der Waals surface area contributed by atoms with E-state index in [-0.39, 0.29) is 0 Å². The van der Waals surface area contributed by atoms with Crippen LogP contribution < -0.4 is 0 Å². The minimum Gasteiger partial charge on any atom is -0.339 e. The zero-order chi connectivity index (χ0) is 34.3. The van der Waals surface area contributed by atoms with Gasteiger partial charge < -0.3 is 14.1 Å². The van der Waals surface area contributed by atoms with Gasteiger partial charge in [-0.1, -0.05) is 101 Å². The van der Waals surface area contributed by atoms with Gasteiger partial charge in [0.05, 0.1) is 33.1 Å². The highest BCUT2D eigenvalue weighted by atomic mass is 79.9. The largest absolute Gasteiger partial charge is 0.339 e. The maximum atomic E-state index is 5.32. The number of nitrogens with one attached hydrogen (secondary N) is 1. The molecule has 0 bridgehead atoms. The van der Waals surface area contributed by atoms with Crippen LogP contribution in [0, 0.1) is 0 Å². The van der Waals surface area contributed by atoms with Crippen molar-refractivity contribution >= 4 is 81.5 Å². The van der Waals surface area contributed by atoms with Crippen molar-refractivity contribution in [1.29, 1.82) is 0 Å². The van der Waals surface area contributed by atoms with Crippen LogP contribution in [0.3, 0.4) is 0 Å². The van der Waals surface area contributed by atoms with Gasteiger partial charge >= 0.3 is 0 Å². The van der Waals surface area contributed by atoms with E-state index in [1.54, 1.807) is 0 Å². The van der Waals surface area contributed by atoms with Crippen molar-refractivity contribution < 1.29 is 0 Å². The second-order valence-corrected chi connectivity index (χ2v) is 14.2. The Hall–Kier alpha value is -6.50. The molecule has 4 heterocycles. The molecule has 7 aromatic carbocycles. The standard InChI is InChI=1S/C46H28BrN5/c47-30-21-26-38-37(27-30)43-44(28-17-22-31(23-18-28)51-39-13-5-1-9-33(39)34-10-2-6-14-40(34)51)49-45(50-46(43)48-38)29-19-24-32(25-20-29)52-41-15-7-3-11-35(41)36-12-4-8-16-42(36)52/h1-27H,(H,48,49,50). The third-order valence-corrected chi connectivity index (χ3v) is 10.8. The maximum Gasteiger partial charge on any atom is 0.162 e. The molecule has 11 aromatic rings. The molecule has 0 aliphatic rings. The number of halogens is 1. The molecule has 0 unspecified atom stereocenters. The molecule has 4 aromatic heterocycles. The third-order valence-electron chi connectivity index (χ3n) is 10.4. The fraction of sp³-hybridized carbons (Fsp3) is 0. The van der Waals surface area contributed by atoms with E-state index >= 15 is 0 Å². The predicted octanol–water partition coefficient (Wildman–Crippen LogP) is 12.4. The van der Waals surface area contributed by atoms with Crippen LogP contribution in [0.2, 0.25) is 0 Å². The summed E-state index contributed by atoms with van der Waals surface area (Å²) in [7, 11) is 0. The number of fused-ring (bicyclic) bond motifs is 9. The molecule has 1 N–H and O–H groups in total. The number of H-pyrrole nitrogens is 1. The highest BCUT2D eigenvalue weighted by Crippen LogP contribution is 2.38. The van der Waals surface area contributed by atoms with Crippen LogP contribution in [0.15, 0.2) is 168 Å². The molecule has 5 nitrogen and oxygen atoms in total. The smallest absolute Gasteiger partial charge is 0.162 e. The van der Waals surface area contributed by atoms with Gasteiger partial charge in [-0.15, -0.1) is 0 Å². The number of aromatic nitrogens is 5. The zero-order valence-electron chi connectivity index (χ0n) is 27.8. The summed E-state index contributed by atoms with van der Waals surface area (Å²) < 4.78 is 5.69. The third kappa shape index (κ3) is 4.34. The molecule has 11 rings (SSSR count). The highest BCUT2D eigenvalue weighted by molar-refractivity contribution is 9.10. The first-order chi connectivity index (χ1) is 25.7. The van der Waals surface area contributed by atoms with E-state index in [0.29, 0.717) is 5.82 Å². The highest BCUT2D eigenvalue weighted by Gasteiger charge is 2.19. The van der Waals surface area contributed by atoms with Gasteiger partial charge in [-0.3, -0.25) is 0 Å². The fourth-order valence-corrected chi connectivity index (χ4v) is 8.39. The quantitative estimate of drug-likeness (QED) is 0.196. The first-order valence-electron chi connectivity index (χ1n) is 17.4. The molecule has 0 amide bonds. The van der Waals surface area contributed by atoms with Crippen LogP contribution >= 0.6 is 15.9 Å². The molecule has 0 aliphatic carbocycles. The van der Waals surface area contributed by atoms with Crippen LogP contribution in [-0.4, -0.2) is 24.1 Å². The van der Waals surface area contributed by atoms with Gasteiger partial charge in [-0.05, 0) is 78.9 Å². The summed E-state index contributed by atoms with van der Waals surface area (Å²) in [6, 6.07) is 58.1. The van der Waals surface area contributed by atoms with Gasteiger partial charge in [0.25, 0.3) is 0 Å². The second kappa shape index (κ2) is 11.3. The Bertz CT molecular complexity index is 3080. The zero-order valence-corrected chi connectivity index (χ0v) is 29.3. The second-order valence-electron chi connectivity index (χ2n) is 13.3. The average Bonchev–Trinajstić information content (AvgIpc) is 3.85. The van der Waals surface area contributed by atoms with Crippen molar-refractivity contribution in [2.24, 2.45) is 0 Å². The van der Waals surface area contributed by atoms with Gasteiger partial charge in [0.15, 0.2) is 5.82 Å². The SMILES string of the molecule is Brc1ccc2[nH]c3nc(-c4ccc(-n5c6ccccc6c6ccccc65)cc4)nc(-c4ccc(-n5c6ccccc6c6ccccc65)cc4)c3c2c1. The molecule has 244 valence electrons. The van der Waals surface area contributed by atoms with Crippen molar-refractivity contribution in [2.45, 2.75) is 0 Å². The van der Waals surface area contributed by atoms with E-state index in [0.717, 1.165) is 54.6 Å². The Morgan fingerprint density at radius 2 is 0.904 bits per heavy atom. The van der Waals surface area contributed by atoms with Crippen molar-refractivity contribution in [2.75, 3.05) is 0 Å². The molecule has 0 atom stereocenters. The Labute approximate surface area is 306 Å². The van der Waals surface area contributed by atoms with Gasteiger partial charge in [0.1, 0.15) is 5.65 Å². The van der Waals surface area contributed by atoms with E-state index in [1.807, 2.05) is 0 Å². The Balaban J connectivity index is 1.07. The Morgan fingerprint density at radius 1 is 0.442 bits per heavy atom. The lowest BCUT2D eigenvalue weighted by Crippen LogP contribution is -1.97. The molecule has 0 fully saturated rings. The molecular formula is C46H28BrN5. The molecule has 0 saturated heterocycles. The summed E-state index contributed by atoms with van der Waals surface area (Å²) in [5.74, 6) is 0.674. The van der Waals surface area contributed by atoms with Crippen LogP contribution in [0.25, 0.3) is 99.6 Å². The van der Waals surface area contributed by atoms with Crippen molar-refractivity contribution in [3.8, 4) is 34.0 Å². The van der Waals surface area contributed by atoms with E-state index in [1.165, 1.54) is 43.6 Å². The number of para-hydroxylation sites is 4. The van der Waals surface area contributed by atoms with Crippen LogP contribution in [-0.2, 0) is 0 Å². The normalized spacial score (nSPS) is 11.9. The molecule has 0 radical (unpaired) electrons. The van der Waals surface area contributed by atoms with Crippen molar-refractivity contribution in [3.05, 3.63) is 168 Å². The number of benzene rings is 7. The summed E-state index contributed by atoms with van der Waals surface area (Å²) in [6.45, 7) is 0. The summed E-state index contributed by atoms with van der Waals surface area (Å²) in [4.78, 5) is 14.0. The van der Waals surface area contributed by atoms with Gasteiger partial charge in [-0.2, -0.15) is 0 Å². The van der Waals surface area contributed by atoms with E-state index in [4.69, 9.17) is 9.97 Å². The first kappa shape index (κ1) is 29.3.